The SMILES string of the molecule is N#Cc1nc(-c2ccc(OCc3ccc(Cl)cc3)cc2)oc1NCc1ccc(F)cc1. The Hall–Kier alpha value is -3.82. The lowest BCUT2D eigenvalue weighted by Crippen LogP contribution is -1.99. The van der Waals surface area contributed by atoms with Crippen LogP contribution in [0.25, 0.3) is 11.5 Å². The van der Waals surface area contributed by atoms with Crippen molar-refractivity contribution in [3.05, 3.63) is 100 Å². The van der Waals surface area contributed by atoms with Gasteiger partial charge in [0.05, 0.1) is 0 Å². The van der Waals surface area contributed by atoms with Gasteiger partial charge in [-0.3, -0.25) is 0 Å². The van der Waals surface area contributed by atoms with Gasteiger partial charge in [-0.2, -0.15) is 10.2 Å². The second kappa shape index (κ2) is 9.33. The van der Waals surface area contributed by atoms with Crippen molar-refractivity contribution in [1.29, 1.82) is 5.26 Å². The van der Waals surface area contributed by atoms with Crippen molar-refractivity contribution in [3.63, 3.8) is 0 Å². The smallest absolute Gasteiger partial charge is 0.232 e. The molecule has 0 aliphatic carbocycles. The molecule has 0 saturated heterocycles. The first-order valence-electron chi connectivity index (χ1n) is 9.47. The maximum atomic E-state index is 13.0. The van der Waals surface area contributed by atoms with Gasteiger partial charge >= 0.3 is 0 Å². The number of aromatic nitrogens is 1. The van der Waals surface area contributed by atoms with Gasteiger partial charge < -0.3 is 14.5 Å². The van der Waals surface area contributed by atoms with Gasteiger partial charge in [0.15, 0.2) is 0 Å². The van der Waals surface area contributed by atoms with Crippen LogP contribution in [0.3, 0.4) is 0 Å². The average molecular weight is 434 g/mol. The minimum absolute atomic E-state index is 0.153. The van der Waals surface area contributed by atoms with Gasteiger partial charge in [-0.05, 0) is 59.7 Å². The summed E-state index contributed by atoms with van der Waals surface area (Å²) in [6.07, 6.45) is 0. The Morgan fingerprint density at radius 3 is 2.32 bits per heavy atom. The summed E-state index contributed by atoms with van der Waals surface area (Å²) in [7, 11) is 0. The molecule has 1 heterocycles. The highest BCUT2D eigenvalue weighted by atomic mass is 35.5. The van der Waals surface area contributed by atoms with E-state index in [4.69, 9.17) is 20.8 Å². The number of benzene rings is 3. The molecule has 4 aromatic rings. The fourth-order valence-corrected chi connectivity index (χ4v) is 2.99. The van der Waals surface area contributed by atoms with Gasteiger partial charge in [0.2, 0.25) is 17.5 Å². The van der Waals surface area contributed by atoms with E-state index in [0.29, 0.717) is 35.4 Å². The van der Waals surface area contributed by atoms with Gasteiger partial charge in [0, 0.05) is 17.1 Å². The average Bonchev–Trinajstić information content (AvgIpc) is 3.22. The van der Waals surface area contributed by atoms with Crippen molar-refractivity contribution < 1.29 is 13.5 Å². The number of oxazole rings is 1. The largest absolute Gasteiger partial charge is 0.489 e. The zero-order chi connectivity index (χ0) is 21.6. The Bertz CT molecular complexity index is 1200. The summed E-state index contributed by atoms with van der Waals surface area (Å²) < 4.78 is 24.6. The van der Waals surface area contributed by atoms with Crippen LogP contribution in [0, 0.1) is 17.1 Å². The highest BCUT2D eigenvalue weighted by Crippen LogP contribution is 2.27. The van der Waals surface area contributed by atoms with Crippen molar-refractivity contribution in [2.24, 2.45) is 0 Å². The fourth-order valence-electron chi connectivity index (χ4n) is 2.86. The molecule has 0 amide bonds. The van der Waals surface area contributed by atoms with Crippen molar-refractivity contribution in [1.82, 2.24) is 4.98 Å². The molecule has 0 spiro atoms. The van der Waals surface area contributed by atoms with Crippen molar-refractivity contribution in [3.8, 4) is 23.3 Å². The van der Waals surface area contributed by atoms with E-state index in [0.717, 1.165) is 11.1 Å². The Morgan fingerprint density at radius 2 is 1.65 bits per heavy atom. The molecule has 0 saturated carbocycles. The van der Waals surface area contributed by atoms with Crippen LogP contribution >= 0.6 is 11.6 Å². The summed E-state index contributed by atoms with van der Waals surface area (Å²) in [4.78, 5) is 4.25. The Kier molecular flexibility index (Phi) is 6.16. The van der Waals surface area contributed by atoms with E-state index in [-0.39, 0.29) is 17.4 Å². The molecule has 0 atom stereocenters. The van der Waals surface area contributed by atoms with Crippen molar-refractivity contribution in [2.75, 3.05) is 5.32 Å². The van der Waals surface area contributed by atoms with Crippen LogP contribution in [-0.2, 0) is 13.2 Å². The highest BCUT2D eigenvalue weighted by Gasteiger charge is 2.14. The van der Waals surface area contributed by atoms with E-state index in [9.17, 15) is 9.65 Å². The van der Waals surface area contributed by atoms with Crippen LogP contribution in [0.4, 0.5) is 10.3 Å². The molecule has 31 heavy (non-hydrogen) atoms. The predicted molar refractivity (Wildman–Crippen MR) is 116 cm³/mol. The molecule has 0 bridgehead atoms. The third-order valence-electron chi connectivity index (χ3n) is 4.52. The molecule has 5 nitrogen and oxygen atoms in total. The summed E-state index contributed by atoms with van der Waals surface area (Å²) in [6.45, 7) is 0.798. The van der Waals surface area contributed by atoms with E-state index >= 15 is 0 Å². The number of nitrogens with zero attached hydrogens (tertiary/aromatic N) is 2. The van der Waals surface area contributed by atoms with Gasteiger partial charge in [-0.15, -0.1) is 0 Å². The van der Waals surface area contributed by atoms with E-state index in [1.54, 1.807) is 12.1 Å². The van der Waals surface area contributed by atoms with Crippen LogP contribution < -0.4 is 10.1 Å². The summed E-state index contributed by atoms with van der Waals surface area (Å²) in [5, 5.41) is 13.1. The number of hydrogen-bond acceptors (Lipinski definition) is 5. The van der Waals surface area contributed by atoms with E-state index < -0.39 is 0 Å². The number of anilines is 1. The first-order valence-corrected chi connectivity index (χ1v) is 9.85. The van der Waals surface area contributed by atoms with Crippen molar-refractivity contribution in [2.45, 2.75) is 13.2 Å². The Labute approximate surface area is 183 Å². The first kappa shape index (κ1) is 20.5. The molecule has 154 valence electrons. The number of nitriles is 1. The second-order valence-electron chi connectivity index (χ2n) is 6.73. The van der Waals surface area contributed by atoms with Gasteiger partial charge in [0.1, 0.15) is 24.2 Å². The minimum Gasteiger partial charge on any atom is -0.489 e. The number of nitrogens with one attached hydrogen (secondary N) is 1. The minimum atomic E-state index is -0.302. The van der Waals surface area contributed by atoms with Crippen LogP contribution in [0.1, 0.15) is 16.8 Å². The molecule has 1 N–H and O–H groups in total. The molecule has 0 aliphatic heterocycles. The number of hydrogen-bond donors (Lipinski definition) is 1. The van der Waals surface area contributed by atoms with E-state index in [2.05, 4.69) is 10.3 Å². The summed E-state index contributed by atoms with van der Waals surface area (Å²) >= 11 is 5.89. The second-order valence-corrected chi connectivity index (χ2v) is 7.16. The maximum absolute atomic E-state index is 13.0. The maximum Gasteiger partial charge on any atom is 0.232 e. The monoisotopic (exact) mass is 433 g/mol. The lowest BCUT2D eigenvalue weighted by atomic mass is 10.2. The zero-order valence-corrected chi connectivity index (χ0v) is 17.1. The van der Waals surface area contributed by atoms with Crippen molar-refractivity contribution >= 4 is 17.5 Å². The number of rotatable bonds is 7. The van der Waals surface area contributed by atoms with Gasteiger partial charge in [0.25, 0.3) is 0 Å². The van der Waals surface area contributed by atoms with Crippen LogP contribution in [0.2, 0.25) is 5.02 Å². The summed E-state index contributed by atoms with van der Waals surface area (Å²) in [5.41, 5.74) is 2.73. The predicted octanol–water partition coefficient (Wildman–Crippen LogP) is 6.20. The lowest BCUT2D eigenvalue weighted by molar-refractivity contribution is 0.306. The Morgan fingerprint density at radius 1 is 0.968 bits per heavy atom. The molecule has 0 radical (unpaired) electrons. The quantitative estimate of drug-likeness (QED) is 0.376. The third kappa shape index (κ3) is 5.21. The van der Waals surface area contributed by atoms with Crippen LogP contribution in [0.15, 0.2) is 77.2 Å². The van der Waals surface area contributed by atoms with Crippen LogP contribution in [-0.4, -0.2) is 4.98 Å². The summed E-state index contributed by atoms with van der Waals surface area (Å²) in [6, 6.07) is 22.8. The molecule has 4 rings (SSSR count). The summed E-state index contributed by atoms with van der Waals surface area (Å²) in [5.74, 6) is 0.983. The highest BCUT2D eigenvalue weighted by molar-refractivity contribution is 6.30. The standard InChI is InChI=1S/C24H17ClFN3O2/c25-19-7-1-17(2-8-19)15-30-21-11-5-18(6-12-21)23-29-22(13-27)24(31-23)28-14-16-3-9-20(26)10-4-16/h1-12,28H,14-15H2. The third-order valence-corrected chi connectivity index (χ3v) is 4.77. The van der Waals surface area contributed by atoms with E-state index in [1.165, 1.54) is 12.1 Å². The van der Waals surface area contributed by atoms with Crippen LogP contribution in [0.5, 0.6) is 5.75 Å². The molecule has 0 fully saturated rings. The molecule has 0 unspecified atom stereocenters. The molecular formula is C24H17ClFN3O2. The topological polar surface area (TPSA) is 71.1 Å². The molecule has 3 aromatic carbocycles. The number of halogens is 2. The van der Waals surface area contributed by atoms with Gasteiger partial charge in [-0.1, -0.05) is 35.9 Å². The molecular weight excluding hydrogens is 417 g/mol. The molecule has 0 aliphatic rings. The Balaban J connectivity index is 1.42. The fraction of sp³-hybridized carbons (Fsp3) is 0.0833. The van der Waals surface area contributed by atoms with E-state index in [1.807, 2.05) is 54.6 Å². The number of ether oxygens (including phenoxy) is 1. The molecule has 1 aromatic heterocycles. The normalized spacial score (nSPS) is 10.5. The molecule has 7 heteroatoms. The first-order chi connectivity index (χ1) is 15.1. The van der Waals surface area contributed by atoms with Gasteiger partial charge in [-0.25, -0.2) is 4.39 Å². The lowest BCUT2D eigenvalue weighted by Gasteiger charge is -2.07. The zero-order valence-electron chi connectivity index (χ0n) is 16.3.